The van der Waals surface area contributed by atoms with Crippen molar-refractivity contribution in [2.75, 3.05) is 12.4 Å². The highest BCUT2D eigenvalue weighted by molar-refractivity contribution is 5.99. The zero-order valence-corrected chi connectivity index (χ0v) is 10.2. The van der Waals surface area contributed by atoms with Gasteiger partial charge in [0.2, 0.25) is 5.91 Å². The molecule has 0 aromatic heterocycles. The molecule has 0 radical (unpaired) electrons. The van der Waals surface area contributed by atoms with Crippen LogP contribution in [0.5, 0.6) is 5.75 Å². The molecule has 2 rings (SSSR count). The lowest BCUT2D eigenvalue weighted by Gasteiger charge is -2.36. The number of hydrogen-bond donors (Lipinski definition) is 2. The van der Waals surface area contributed by atoms with Crippen LogP contribution in [0, 0.1) is 6.92 Å². The molecule has 0 bridgehead atoms. The van der Waals surface area contributed by atoms with Gasteiger partial charge < -0.3 is 15.8 Å². The Kier molecular flexibility index (Phi) is 3.07. The summed E-state index contributed by atoms with van der Waals surface area (Å²) in [6, 6.07) is 5.67. The summed E-state index contributed by atoms with van der Waals surface area (Å²) in [5.74, 6) is 0.541. The van der Waals surface area contributed by atoms with Crippen LogP contribution < -0.4 is 15.8 Å². The number of anilines is 1. The molecule has 92 valence electrons. The topological polar surface area (TPSA) is 64.3 Å². The van der Waals surface area contributed by atoms with Crippen LogP contribution in [0.15, 0.2) is 18.2 Å². The smallest absolute Gasteiger partial charge is 0.244 e. The van der Waals surface area contributed by atoms with Crippen molar-refractivity contribution in [2.24, 2.45) is 5.73 Å². The lowest BCUT2D eigenvalue weighted by atomic mass is 9.77. The van der Waals surface area contributed by atoms with Crippen molar-refractivity contribution in [3.8, 4) is 5.75 Å². The molecule has 4 heteroatoms. The summed E-state index contributed by atoms with van der Waals surface area (Å²) < 4.78 is 5.21. The fraction of sp³-hybridized carbons (Fsp3) is 0.462. The third-order valence-electron chi connectivity index (χ3n) is 3.30. The van der Waals surface area contributed by atoms with Gasteiger partial charge in [0.1, 0.15) is 5.75 Å². The monoisotopic (exact) mass is 234 g/mol. The molecule has 1 amide bonds. The van der Waals surface area contributed by atoms with E-state index >= 15 is 0 Å². The number of rotatable bonds is 3. The number of carbonyl (C=O) groups excluding carboxylic acids is 1. The molecule has 1 aliphatic carbocycles. The maximum Gasteiger partial charge on any atom is 0.244 e. The minimum atomic E-state index is -0.686. The van der Waals surface area contributed by atoms with E-state index in [9.17, 15) is 4.79 Å². The number of hydrogen-bond acceptors (Lipinski definition) is 3. The molecule has 1 aromatic carbocycles. The van der Waals surface area contributed by atoms with Crippen LogP contribution in [0.4, 0.5) is 5.69 Å². The number of ether oxygens (including phenoxy) is 1. The van der Waals surface area contributed by atoms with Crippen molar-refractivity contribution >= 4 is 11.6 Å². The SMILES string of the molecule is COc1ccc(C)cc1NC(=O)C1(N)CCC1. The first-order chi connectivity index (χ1) is 8.05. The molecule has 17 heavy (non-hydrogen) atoms. The molecule has 0 spiro atoms. The lowest BCUT2D eigenvalue weighted by molar-refractivity contribution is -0.123. The van der Waals surface area contributed by atoms with Gasteiger partial charge in [-0.3, -0.25) is 4.79 Å². The fourth-order valence-corrected chi connectivity index (χ4v) is 1.95. The van der Waals surface area contributed by atoms with E-state index in [2.05, 4.69) is 5.32 Å². The molecule has 0 unspecified atom stereocenters. The highest BCUT2D eigenvalue weighted by atomic mass is 16.5. The number of methoxy groups -OCH3 is 1. The largest absolute Gasteiger partial charge is 0.495 e. The highest BCUT2D eigenvalue weighted by Crippen LogP contribution is 2.32. The van der Waals surface area contributed by atoms with Gasteiger partial charge in [-0.05, 0) is 43.9 Å². The fourth-order valence-electron chi connectivity index (χ4n) is 1.95. The molecule has 3 N–H and O–H groups in total. The molecule has 1 aromatic rings. The second-order valence-electron chi connectivity index (χ2n) is 4.67. The van der Waals surface area contributed by atoms with Gasteiger partial charge in [-0.15, -0.1) is 0 Å². The Balaban J connectivity index is 2.17. The third-order valence-corrected chi connectivity index (χ3v) is 3.30. The van der Waals surface area contributed by atoms with E-state index in [1.54, 1.807) is 7.11 Å². The van der Waals surface area contributed by atoms with Crippen LogP contribution in [-0.2, 0) is 4.79 Å². The third kappa shape index (κ3) is 2.26. The van der Waals surface area contributed by atoms with E-state index in [0.29, 0.717) is 11.4 Å². The van der Waals surface area contributed by atoms with Crippen molar-refractivity contribution in [3.05, 3.63) is 23.8 Å². The van der Waals surface area contributed by atoms with Crippen LogP contribution in [-0.4, -0.2) is 18.6 Å². The van der Waals surface area contributed by atoms with Gasteiger partial charge in [0, 0.05) is 0 Å². The van der Waals surface area contributed by atoms with Crippen molar-refractivity contribution < 1.29 is 9.53 Å². The predicted octanol–water partition coefficient (Wildman–Crippen LogP) is 1.82. The van der Waals surface area contributed by atoms with Gasteiger partial charge in [-0.2, -0.15) is 0 Å². The van der Waals surface area contributed by atoms with Crippen molar-refractivity contribution in [1.29, 1.82) is 0 Å². The molecule has 4 nitrogen and oxygen atoms in total. The van der Waals surface area contributed by atoms with E-state index < -0.39 is 5.54 Å². The number of benzene rings is 1. The molecule has 0 heterocycles. The first kappa shape index (κ1) is 11.9. The number of nitrogens with one attached hydrogen (secondary N) is 1. The second kappa shape index (κ2) is 4.37. The van der Waals surface area contributed by atoms with E-state index in [0.717, 1.165) is 24.8 Å². The summed E-state index contributed by atoms with van der Waals surface area (Å²) in [5, 5.41) is 2.86. The summed E-state index contributed by atoms with van der Waals surface area (Å²) in [4.78, 5) is 12.0. The first-order valence-corrected chi connectivity index (χ1v) is 5.80. The Morgan fingerprint density at radius 3 is 2.71 bits per heavy atom. The van der Waals surface area contributed by atoms with Gasteiger partial charge >= 0.3 is 0 Å². The van der Waals surface area contributed by atoms with Crippen molar-refractivity contribution in [3.63, 3.8) is 0 Å². The van der Waals surface area contributed by atoms with Gasteiger partial charge in [0.25, 0.3) is 0 Å². The number of nitrogens with two attached hydrogens (primary N) is 1. The first-order valence-electron chi connectivity index (χ1n) is 5.80. The summed E-state index contributed by atoms with van der Waals surface area (Å²) in [5.41, 5.74) is 7.04. The van der Waals surface area contributed by atoms with E-state index in [1.165, 1.54) is 0 Å². The maximum absolute atomic E-state index is 12.0. The van der Waals surface area contributed by atoms with Crippen LogP contribution >= 0.6 is 0 Å². The molecular formula is C13H18N2O2. The van der Waals surface area contributed by atoms with Crippen LogP contribution in [0.2, 0.25) is 0 Å². The minimum absolute atomic E-state index is 0.118. The van der Waals surface area contributed by atoms with Crippen LogP contribution in [0.3, 0.4) is 0 Å². The maximum atomic E-state index is 12.0. The minimum Gasteiger partial charge on any atom is -0.495 e. The van der Waals surface area contributed by atoms with Gasteiger partial charge in [0.15, 0.2) is 0 Å². The van der Waals surface area contributed by atoms with Gasteiger partial charge in [0.05, 0.1) is 18.3 Å². The average Bonchev–Trinajstić information content (AvgIpc) is 2.26. The number of carbonyl (C=O) groups is 1. The quantitative estimate of drug-likeness (QED) is 0.838. The Bertz CT molecular complexity index is 439. The molecule has 0 aliphatic heterocycles. The normalized spacial score (nSPS) is 17.1. The number of amides is 1. The van der Waals surface area contributed by atoms with E-state index in [-0.39, 0.29) is 5.91 Å². The molecule has 1 aliphatic rings. The number of aryl methyl sites for hydroxylation is 1. The van der Waals surface area contributed by atoms with Gasteiger partial charge in [-0.1, -0.05) is 6.07 Å². The molecule has 0 saturated heterocycles. The second-order valence-corrected chi connectivity index (χ2v) is 4.67. The van der Waals surface area contributed by atoms with E-state index in [4.69, 9.17) is 10.5 Å². The Labute approximate surface area is 101 Å². The molecular weight excluding hydrogens is 216 g/mol. The van der Waals surface area contributed by atoms with Crippen molar-refractivity contribution in [1.82, 2.24) is 0 Å². The molecule has 1 saturated carbocycles. The van der Waals surface area contributed by atoms with Crippen LogP contribution in [0.1, 0.15) is 24.8 Å². The standard InChI is InChI=1S/C13H18N2O2/c1-9-4-5-11(17-2)10(8-9)15-12(16)13(14)6-3-7-13/h4-5,8H,3,6-7,14H2,1-2H3,(H,15,16). The van der Waals surface area contributed by atoms with Gasteiger partial charge in [-0.25, -0.2) is 0 Å². The average molecular weight is 234 g/mol. The summed E-state index contributed by atoms with van der Waals surface area (Å²) >= 11 is 0. The van der Waals surface area contributed by atoms with E-state index in [1.807, 2.05) is 25.1 Å². The summed E-state index contributed by atoms with van der Waals surface area (Å²) in [7, 11) is 1.59. The zero-order valence-electron chi connectivity index (χ0n) is 10.2. The summed E-state index contributed by atoms with van der Waals surface area (Å²) in [6.07, 6.45) is 2.54. The predicted molar refractivity (Wildman–Crippen MR) is 67.1 cm³/mol. The molecule has 0 atom stereocenters. The highest BCUT2D eigenvalue weighted by Gasteiger charge is 2.40. The molecule has 1 fully saturated rings. The Morgan fingerprint density at radius 2 is 2.18 bits per heavy atom. The zero-order chi connectivity index (χ0) is 12.5. The Morgan fingerprint density at radius 1 is 1.47 bits per heavy atom. The summed E-state index contributed by atoms with van der Waals surface area (Å²) in [6.45, 7) is 1.97. The Hall–Kier alpha value is -1.55. The van der Waals surface area contributed by atoms with Crippen molar-refractivity contribution in [2.45, 2.75) is 31.7 Å². The lowest BCUT2D eigenvalue weighted by Crippen LogP contribution is -2.56. The van der Waals surface area contributed by atoms with Crippen LogP contribution in [0.25, 0.3) is 0 Å².